The van der Waals surface area contributed by atoms with E-state index >= 15 is 0 Å². The predicted octanol–water partition coefficient (Wildman–Crippen LogP) is 4.32. The summed E-state index contributed by atoms with van der Waals surface area (Å²) in [5.74, 6) is -0.0748. The third-order valence-electron chi connectivity index (χ3n) is 3.22. The van der Waals surface area contributed by atoms with Crippen molar-refractivity contribution >= 4 is 15.9 Å². The minimum absolute atomic E-state index is 0.269. The molecule has 0 spiro atoms. The van der Waals surface area contributed by atoms with E-state index < -0.39 is 0 Å². The van der Waals surface area contributed by atoms with Crippen molar-refractivity contribution in [2.24, 2.45) is 0 Å². The first-order valence-corrected chi connectivity index (χ1v) is 7.85. The van der Waals surface area contributed by atoms with Gasteiger partial charge in [0.2, 0.25) is 0 Å². The van der Waals surface area contributed by atoms with Crippen molar-refractivity contribution < 1.29 is 9.13 Å². The highest BCUT2D eigenvalue weighted by atomic mass is 79.9. The van der Waals surface area contributed by atoms with Crippen LogP contribution in [0.1, 0.15) is 18.1 Å². The van der Waals surface area contributed by atoms with Gasteiger partial charge in [-0.25, -0.2) is 4.39 Å². The summed E-state index contributed by atoms with van der Waals surface area (Å²) in [4.78, 5) is 0. The molecule has 0 aliphatic rings. The zero-order valence-corrected chi connectivity index (χ0v) is 13.6. The van der Waals surface area contributed by atoms with E-state index in [-0.39, 0.29) is 11.6 Å². The first-order valence-electron chi connectivity index (χ1n) is 7.06. The molecule has 112 valence electrons. The van der Waals surface area contributed by atoms with Crippen LogP contribution < -0.4 is 10.1 Å². The van der Waals surface area contributed by atoms with Gasteiger partial charge in [0.25, 0.3) is 0 Å². The molecule has 0 heterocycles. The fourth-order valence-electron chi connectivity index (χ4n) is 2.09. The van der Waals surface area contributed by atoms with Gasteiger partial charge in [0, 0.05) is 4.47 Å². The normalized spacial score (nSPS) is 10.6. The topological polar surface area (TPSA) is 21.3 Å². The molecule has 0 saturated heterocycles. The average Bonchev–Trinajstić information content (AvgIpc) is 2.49. The van der Waals surface area contributed by atoms with Crippen molar-refractivity contribution in [2.45, 2.75) is 20.0 Å². The number of halogens is 2. The van der Waals surface area contributed by atoms with E-state index in [1.54, 1.807) is 12.1 Å². The monoisotopic (exact) mass is 351 g/mol. The maximum Gasteiger partial charge on any atom is 0.165 e. The van der Waals surface area contributed by atoms with Gasteiger partial charge in [0.15, 0.2) is 11.6 Å². The SMILES string of the molecule is CCNCCc1ccccc1COc1cc(Br)ccc1F. The summed E-state index contributed by atoms with van der Waals surface area (Å²) in [6, 6.07) is 12.8. The van der Waals surface area contributed by atoms with Crippen LogP contribution >= 0.6 is 15.9 Å². The smallest absolute Gasteiger partial charge is 0.165 e. The summed E-state index contributed by atoms with van der Waals surface area (Å²) in [5, 5.41) is 3.31. The van der Waals surface area contributed by atoms with Crippen LogP contribution in [0.4, 0.5) is 4.39 Å². The second kappa shape index (κ2) is 8.15. The van der Waals surface area contributed by atoms with Gasteiger partial charge < -0.3 is 10.1 Å². The molecular weight excluding hydrogens is 333 g/mol. The Morgan fingerprint density at radius 2 is 1.90 bits per heavy atom. The lowest BCUT2D eigenvalue weighted by Crippen LogP contribution is -2.17. The number of likely N-dealkylation sites (N-methyl/N-ethyl adjacent to an activating group) is 1. The van der Waals surface area contributed by atoms with Crippen molar-refractivity contribution in [3.8, 4) is 5.75 Å². The van der Waals surface area contributed by atoms with Crippen LogP contribution in [0.25, 0.3) is 0 Å². The molecule has 0 fully saturated rings. The summed E-state index contributed by atoms with van der Waals surface area (Å²) in [7, 11) is 0. The minimum atomic E-state index is -0.344. The number of benzene rings is 2. The molecule has 0 unspecified atom stereocenters. The van der Waals surface area contributed by atoms with Gasteiger partial charge in [-0.05, 0) is 48.8 Å². The molecule has 2 aromatic rings. The Balaban J connectivity index is 2.04. The molecule has 0 saturated carbocycles. The van der Waals surface area contributed by atoms with Crippen LogP contribution in [0.15, 0.2) is 46.9 Å². The van der Waals surface area contributed by atoms with Gasteiger partial charge in [-0.3, -0.25) is 0 Å². The zero-order valence-electron chi connectivity index (χ0n) is 12.0. The standard InChI is InChI=1S/C17H19BrFNO/c1-2-20-10-9-13-5-3-4-6-14(13)12-21-17-11-15(18)7-8-16(17)19/h3-8,11,20H,2,9-10,12H2,1H3. The highest BCUT2D eigenvalue weighted by molar-refractivity contribution is 9.10. The third kappa shape index (κ3) is 4.83. The molecule has 0 atom stereocenters. The van der Waals surface area contributed by atoms with Gasteiger partial charge in [-0.2, -0.15) is 0 Å². The quantitative estimate of drug-likeness (QED) is 0.750. The summed E-state index contributed by atoms with van der Waals surface area (Å²) < 4.78 is 20.1. The van der Waals surface area contributed by atoms with E-state index in [0.717, 1.165) is 29.5 Å². The lowest BCUT2D eigenvalue weighted by atomic mass is 10.1. The molecule has 0 aliphatic carbocycles. The molecule has 2 aromatic carbocycles. The Morgan fingerprint density at radius 3 is 2.67 bits per heavy atom. The fourth-order valence-corrected chi connectivity index (χ4v) is 2.43. The maximum atomic E-state index is 13.7. The molecule has 2 rings (SSSR count). The molecule has 0 aliphatic heterocycles. The van der Waals surface area contributed by atoms with Crippen LogP contribution in [-0.2, 0) is 13.0 Å². The number of hydrogen-bond donors (Lipinski definition) is 1. The van der Waals surface area contributed by atoms with E-state index in [1.165, 1.54) is 11.6 Å². The molecule has 1 N–H and O–H groups in total. The van der Waals surface area contributed by atoms with Crippen molar-refractivity contribution in [1.82, 2.24) is 5.32 Å². The van der Waals surface area contributed by atoms with Crippen LogP contribution in [0.3, 0.4) is 0 Å². The minimum Gasteiger partial charge on any atom is -0.486 e. The lowest BCUT2D eigenvalue weighted by Gasteiger charge is -2.12. The molecular formula is C17H19BrFNO. The highest BCUT2D eigenvalue weighted by Gasteiger charge is 2.07. The molecule has 0 amide bonds. The number of nitrogens with one attached hydrogen (secondary N) is 1. The van der Waals surface area contributed by atoms with E-state index in [4.69, 9.17) is 4.74 Å². The fraction of sp³-hybridized carbons (Fsp3) is 0.294. The average molecular weight is 352 g/mol. The molecule has 0 bridgehead atoms. The van der Waals surface area contributed by atoms with Gasteiger partial charge >= 0.3 is 0 Å². The van der Waals surface area contributed by atoms with Crippen molar-refractivity contribution in [1.29, 1.82) is 0 Å². The molecule has 0 radical (unpaired) electrons. The zero-order chi connectivity index (χ0) is 15.1. The van der Waals surface area contributed by atoms with Crippen LogP contribution in [0.2, 0.25) is 0 Å². The number of rotatable bonds is 7. The van der Waals surface area contributed by atoms with E-state index in [9.17, 15) is 4.39 Å². The summed E-state index contributed by atoms with van der Waals surface area (Å²) in [5.41, 5.74) is 2.32. The molecule has 4 heteroatoms. The van der Waals surface area contributed by atoms with E-state index in [1.807, 2.05) is 18.2 Å². The first kappa shape index (κ1) is 16.0. The Morgan fingerprint density at radius 1 is 1.14 bits per heavy atom. The van der Waals surface area contributed by atoms with Crippen LogP contribution in [0, 0.1) is 5.82 Å². The van der Waals surface area contributed by atoms with Gasteiger partial charge in [-0.1, -0.05) is 47.1 Å². The van der Waals surface area contributed by atoms with Crippen molar-refractivity contribution in [3.63, 3.8) is 0 Å². The Kier molecular flexibility index (Phi) is 6.21. The van der Waals surface area contributed by atoms with Gasteiger partial charge in [0.1, 0.15) is 6.61 Å². The van der Waals surface area contributed by atoms with Crippen LogP contribution in [0.5, 0.6) is 5.75 Å². The molecule has 0 aromatic heterocycles. The summed E-state index contributed by atoms with van der Waals surface area (Å²) >= 11 is 3.32. The summed E-state index contributed by atoms with van der Waals surface area (Å²) in [6.07, 6.45) is 0.939. The number of hydrogen-bond acceptors (Lipinski definition) is 2. The maximum absolute atomic E-state index is 13.7. The lowest BCUT2D eigenvalue weighted by molar-refractivity contribution is 0.289. The largest absolute Gasteiger partial charge is 0.486 e. The predicted molar refractivity (Wildman–Crippen MR) is 87.1 cm³/mol. The van der Waals surface area contributed by atoms with Crippen molar-refractivity contribution in [2.75, 3.05) is 13.1 Å². The Labute approximate surface area is 133 Å². The second-order valence-corrected chi connectivity index (χ2v) is 5.65. The molecule has 2 nitrogen and oxygen atoms in total. The second-order valence-electron chi connectivity index (χ2n) is 4.74. The van der Waals surface area contributed by atoms with E-state index in [0.29, 0.717) is 6.61 Å². The Bertz CT molecular complexity index is 589. The van der Waals surface area contributed by atoms with E-state index in [2.05, 4.69) is 34.2 Å². The van der Waals surface area contributed by atoms with Crippen LogP contribution in [-0.4, -0.2) is 13.1 Å². The molecule has 21 heavy (non-hydrogen) atoms. The third-order valence-corrected chi connectivity index (χ3v) is 3.71. The van der Waals surface area contributed by atoms with Gasteiger partial charge in [0.05, 0.1) is 0 Å². The number of ether oxygens (including phenoxy) is 1. The van der Waals surface area contributed by atoms with Crippen molar-refractivity contribution in [3.05, 3.63) is 63.9 Å². The summed E-state index contributed by atoms with van der Waals surface area (Å²) in [6.45, 7) is 4.35. The Hall–Kier alpha value is -1.39. The van der Waals surface area contributed by atoms with Gasteiger partial charge in [-0.15, -0.1) is 0 Å². The highest BCUT2D eigenvalue weighted by Crippen LogP contribution is 2.23. The first-order chi connectivity index (χ1) is 10.2.